The van der Waals surface area contributed by atoms with E-state index in [0.717, 1.165) is 5.56 Å². The van der Waals surface area contributed by atoms with Gasteiger partial charge in [0.15, 0.2) is 4.90 Å². The lowest BCUT2D eigenvalue weighted by molar-refractivity contribution is 0.485. The average Bonchev–Trinajstić information content (AvgIpc) is 2.26. The Labute approximate surface area is 93.6 Å². The number of benzene rings is 1. The highest BCUT2D eigenvalue weighted by Crippen LogP contribution is 2.19. The van der Waals surface area contributed by atoms with E-state index in [1.54, 1.807) is 23.5 Å². The van der Waals surface area contributed by atoms with Crippen molar-refractivity contribution >= 4 is 11.4 Å². The summed E-state index contributed by atoms with van der Waals surface area (Å²) in [5.74, 6) is 0. The third-order valence-electron chi connectivity index (χ3n) is 2.17. The van der Waals surface area contributed by atoms with Crippen molar-refractivity contribution in [1.29, 1.82) is 5.26 Å². The van der Waals surface area contributed by atoms with Crippen molar-refractivity contribution in [2.75, 3.05) is 13.6 Å². The topological polar surface area (TPSA) is 50.1 Å². The maximum atomic E-state index is 12.0. The van der Waals surface area contributed by atoms with Gasteiger partial charge in [0.2, 0.25) is 0 Å². The number of nitriles is 1. The Hall–Kier alpha value is -1.02. The van der Waals surface area contributed by atoms with E-state index in [4.69, 9.17) is 5.26 Å². The smallest absolute Gasteiger partial charge is 0.191 e. The van der Waals surface area contributed by atoms with Crippen molar-refractivity contribution in [3.63, 3.8) is 0 Å². The number of hydrogen-bond donors (Lipinski definition) is 0. The normalized spacial score (nSPS) is 12.5. The number of hydrogen-bond acceptors (Lipinski definition) is 3. The molecule has 0 saturated heterocycles. The zero-order chi connectivity index (χ0) is 11.4. The van der Waals surface area contributed by atoms with E-state index in [1.165, 1.54) is 0 Å². The van der Waals surface area contributed by atoms with Gasteiger partial charge in [-0.1, -0.05) is 6.07 Å². The molecule has 0 bridgehead atoms. The fourth-order valence-electron chi connectivity index (χ4n) is 1.17. The zero-order valence-corrected chi connectivity index (χ0v) is 9.97. The van der Waals surface area contributed by atoms with Gasteiger partial charge in [0.25, 0.3) is 0 Å². The summed E-state index contributed by atoms with van der Waals surface area (Å²) in [7, 11) is 1.77. The van der Waals surface area contributed by atoms with Gasteiger partial charge >= 0.3 is 0 Å². The van der Waals surface area contributed by atoms with Crippen LogP contribution in [0.15, 0.2) is 23.1 Å². The van der Waals surface area contributed by atoms with E-state index < -0.39 is 11.4 Å². The third kappa shape index (κ3) is 2.72. The Morgan fingerprint density at radius 2 is 2.20 bits per heavy atom. The molecule has 0 N–H and O–H groups in total. The van der Waals surface area contributed by atoms with Crippen molar-refractivity contribution in [3.05, 3.63) is 29.3 Å². The Kier molecular flexibility index (Phi) is 4.15. The second-order valence-electron chi connectivity index (χ2n) is 3.30. The SMILES string of the molecule is CCN(C)[S+]([O-])c1ccc(C)cc1C#N. The second kappa shape index (κ2) is 5.17. The Morgan fingerprint density at radius 3 is 2.73 bits per heavy atom. The van der Waals surface area contributed by atoms with Gasteiger partial charge in [0.1, 0.15) is 11.6 Å². The summed E-state index contributed by atoms with van der Waals surface area (Å²) in [5, 5.41) is 8.94. The predicted octanol–water partition coefficient (Wildman–Crippen LogP) is 1.84. The predicted molar refractivity (Wildman–Crippen MR) is 60.6 cm³/mol. The molecule has 1 rings (SSSR count). The molecule has 3 nitrogen and oxygen atoms in total. The first kappa shape index (κ1) is 12.1. The maximum absolute atomic E-state index is 12.0. The molecule has 15 heavy (non-hydrogen) atoms. The van der Waals surface area contributed by atoms with Gasteiger partial charge in [-0.3, -0.25) is 0 Å². The molecule has 1 unspecified atom stereocenters. The van der Waals surface area contributed by atoms with Gasteiger partial charge in [-0.05, 0) is 31.5 Å². The fraction of sp³-hybridized carbons (Fsp3) is 0.364. The van der Waals surface area contributed by atoms with E-state index in [0.29, 0.717) is 17.0 Å². The van der Waals surface area contributed by atoms with Crippen molar-refractivity contribution in [2.24, 2.45) is 0 Å². The minimum atomic E-state index is -1.24. The van der Waals surface area contributed by atoms with Crippen LogP contribution in [0.5, 0.6) is 0 Å². The molecule has 80 valence electrons. The first-order chi connectivity index (χ1) is 7.10. The molecule has 1 atom stereocenters. The van der Waals surface area contributed by atoms with Crippen molar-refractivity contribution in [3.8, 4) is 6.07 Å². The van der Waals surface area contributed by atoms with Gasteiger partial charge in [0.05, 0.1) is 11.4 Å². The molecule has 0 spiro atoms. The largest absolute Gasteiger partial charge is 0.593 e. The van der Waals surface area contributed by atoms with Crippen LogP contribution in [0.2, 0.25) is 0 Å². The molecule has 4 heteroatoms. The minimum Gasteiger partial charge on any atom is -0.593 e. The highest BCUT2D eigenvalue weighted by atomic mass is 32.2. The summed E-state index contributed by atoms with van der Waals surface area (Å²) < 4.78 is 13.7. The van der Waals surface area contributed by atoms with Crippen LogP contribution in [-0.2, 0) is 11.4 Å². The van der Waals surface area contributed by atoms with E-state index in [-0.39, 0.29) is 0 Å². The molecule has 0 fully saturated rings. The molecular formula is C11H14N2OS. The number of rotatable bonds is 3. The molecule has 1 aromatic rings. The fourth-order valence-corrected chi connectivity index (χ4v) is 2.22. The Morgan fingerprint density at radius 1 is 1.53 bits per heavy atom. The van der Waals surface area contributed by atoms with Crippen molar-refractivity contribution < 1.29 is 4.55 Å². The molecule has 0 aromatic heterocycles. The second-order valence-corrected chi connectivity index (χ2v) is 4.87. The van der Waals surface area contributed by atoms with Crippen molar-refractivity contribution in [2.45, 2.75) is 18.7 Å². The lowest BCUT2D eigenvalue weighted by Gasteiger charge is -2.18. The van der Waals surface area contributed by atoms with Crippen LogP contribution < -0.4 is 0 Å². The van der Waals surface area contributed by atoms with E-state index in [2.05, 4.69) is 6.07 Å². The van der Waals surface area contributed by atoms with Gasteiger partial charge in [0, 0.05) is 13.6 Å². The first-order valence-corrected chi connectivity index (χ1v) is 5.84. The Balaban J connectivity index is 3.09. The van der Waals surface area contributed by atoms with Crippen LogP contribution in [-0.4, -0.2) is 22.5 Å². The maximum Gasteiger partial charge on any atom is 0.191 e. The minimum absolute atomic E-state index is 0.494. The lowest BCUT2D eigenvalue weighted by atomic mass is 10.2. The van der Waals surface area contributed by atoms with Gasteiger partial charge in [-0.25, -0.2) is 0 Å². The van der Waals surface area contributed by atoms with Crippen LogP contribution in [0, 0.1) is 18.3 Å². The summed E-state index contributed by atoms with van der Waals surface area (Å²) >= 11 is -1.24. The van der Waals surface area contributed by atoms with Crippen LogP contribution in [0.25, 0.3) is 0 Å². The first-order valence-electron chi connectivity index (χ1n) is 4.74. The molecule has 0 aliphatic carbocycles. The summed E-state index contributed by atoms with van der Waals surface area (Å²) in [6.45, 7) is 4.53. The van der Waals surface area contributed by atoms with Crippen LogP contribution in [0.1, 0.15) is 18.1 Å². The Bertz CT molecular complexity index is 387. The van der Waals surface area contributed by atoms with Crippen molar-refractivity contribution in [1.82, 2.24) is 4.31 Å². The zero-order valence-electron chi connectivity index (χ0n) is 9.15. The molecule has 0 aliphatic rings. The van der Waals surface area contributed by atoms with Crippen LogP contribution in [0.3, 0.4) is 0 Å². The van der Waals surface area contributed by atoms with Crippen LogP contribution in [0.4, 0.5) is 0 Å². The molecule has 0 radical (unpaired) electrons. The molecule has 1 aromatic carbocycles. The van der Waals surface area contributed by atoms with Crippen LogP contribution >= 0.6 is 0 Å². The summed E-state index contributed by atoms with van der Waals surface area (Å²) in [4.78, 5) is 0.590. The molecule has 0 saturated carbocycles. The van der Waals surface area contributed by atoms with E-state index in [9.17, 15) is 4.55 Å². The summed E-state index contributed by atoms with van der Waals surface area (Å²) in [6, 6.07) is 7.47. The average molecular weight is 222 g/mol. The molecular weight excluding hydrogens is 208 g/mol. The standard InChI is InChI=1S/C11H14N2OS/c1-4-13(3)15(14)11-6-5-9(2)7-10(11)8-12/h5-7H,4H2,1-3H3. The monoisotopic (exact) mass is 222 g/mol. The van der Waals surface area contributed by atoms with Gasteiger partial charge in [-0.15, -0.1) is 4.31 Å². The quantitative estimate of drug-likeness (QED) is 0.733. The molecule has 0 aliphatic heterocycles. The lowest BCUT2D eigenvalue weighted by Crippen LogP contribution is -2.27. The molecule has 0 amide bonds. The summed E-state index contributed by atoms with van der Waals surface area (Å²) in [5.41, 5.74) is 1.50. The molecule has 0 heterocycles. The highest BCUT2D eigenvalue weighted by molar-refractivity contribution is 7.89. The third-order valence-corrected chi connectivity index (χ3v) is 3.73. The number of aryl methyl sites for hydroxylation is 1. The number of nitrogens with zero attached hydrogens (tertiary/aromatic N) is 2. The van der Waals surface area contributed by atoms with E-state index in [1.807, 2.05) is 19.9 Å². The highest BCUT2D eigenvalue weighted by Gasteiger charge is 2.20. The summed E-state index contributed by atoms with van der Waals surface area (Å²) in [6.07, 6.45) is 0. The van der Waals surface area contributed by atoms with Gasteiger partial charge < -0.3 is 4.55 Å². The van der Waals surface area contributed by atoms with E-state index >= 15 is 0 Å². The van der Waals surface area contributed by atoms with Gasteiger partial charge in [-0.2, -0.15) is 5.26 Å².